The predicted molar refractivity (Wildman–Crippen MR) is 87.1 cm³/mol. The normalized spacial score (nSPS) is 17.6. The molecule has 2 N–H and O–H groups in total. The largest absolute Gasteiger partial charge is 0.496 e. The van der Waals surface area contributed by atoms with Crippen LogP contribution in [-0.4, -0.2) is 32.1 Å². The van der Waals surface area contributed by atoms with Crippen LogP contribution in [0.5, 0.6) is 5.75 Å². The van der Waals surface area contributed by atoms with Crippen molar-refractivity contribution >= 4 is 15.9 Å². The highest BCUT2D eigenvalue weighted by atomic mass is 79.9. The summed E-state index contributed by atoms with van der Waals surface area (Å²) < 4.78 is 6.57. The highest BCUT2D eigenvalue weighted by molar-refractivity contribution is 9.10. The molecule has 112 valence electrons. The Labute approximate surface area is 130 Å². The van der Waals surface area contributed by atoms with E-state index in [2.05, 4.69) is 33.9 Å². The SMILES string of the molecule is COc1ccc(Br)cc1C(CN)N(C)CC1CCCC1. The lowest BCUT2D eigenvalue weighted by Crippen LogP contribution is -2.34. The van der Waals surface area contributed by atoms with Gasteiger partial charge in [0.05, 0.1) is 13.2 Å². The molecule has 1 aliphatic rings. The third-order valence-corrected chi connectivity index (χ3v) is 4.82. The smallest absolute Gasteiger partial charge is 0.123 e. The van der Waals surface area contributed by atoms with Crippen LogP contribution in [0.2, 0.25) is 0 Å². The number of methoxy groups -OCH3 is 1. The predicted octanol–water partition coefficient (Wildman–Crippen LogP) is 3.58. The van der Waals surface area contributed by atoms with E-state index in [0.717, 1.165) is 22.7 Å². The second kappa shape index (κ2) is 7.43. The van der Waals surface area contributed by atoms with Crippen molar-refractivity contribution in [3.63, 3.8) is 0 Å². The third-order valence-electron chi connectivity index (χ3n) is 4.33. The zero-order valence-corrected chi connectivity index (χ0v) is 14.0. The van der Waals surface area contributed by atoms with E-state index in [4.69, 9.17) is 10.5 Å². The molecule has 3 nitrogen and oxygen atoms in total. The van der Waals surface area contributed by atoms with Gasteiger partial charge < -0.3 is 10.5 Å². The first-order chi connectivity index (χ1) is 9.65. The van der Waals surface area contributed by atoms with E-state index in [1.807, 2.05) is 12.1 Å². The van der Waals surface area contributed by atoms with Gasteiger partial charge in [-0.15, -0.1) is 0 Å². The Kier molecular flexibility index (Phi) is 5.87. The number of benzene rings is 1. The maximum Gasteiger partial charge on any atom is 0.123 e. The molecule has 0 heterocycles. The molecule has 0 bridgehead atoms. The molecule has 1 aliphatic carbocycles. The molecule has 4 heteroatoms. The molecule has 0 aliphatic heterocycles. The molecule has 1 unspecified atom stereocenters. The Morgan fingerprint density at radius 2 is 2.10 bits per heavy atom. The summed E-state index contributed by atoms with van der Waals surface area (Å²) in [6, 6.07) is 6.35. The average molecular weight is 341 g/mol. The van der Waals surface area contributed by atoms with Gasteiger partial charge in [-0.1, -0.05) is 28.8 Å². The molecular weight excluding hydrogens is 316 g/mol. The van der Waals surface area contributed by atoms with Gasteiger partial charge >= 0.3 is 0 Å². The van der Waals surface area contributed by atoms with Crippen molar-refractivity contribution < 1.29 is 4.74 Å². The number of nitrogens with two attached hydrogens (primary N) is 1. The summed E-state index contributed by atoms with van der Waals surface area (Å²) >= 11 is 3.55. The molecular formula is C16H25BrN2O. The molecule has 0 radical (unpaired) electrons. The Bertz CT molecular complexity index is 432. The molecule has 2 rings (SSSR count). The van der Waals surface area contributed by atoms with Gasteiger partial charge in [-0.05, 0) is 44.0 Å². The Balaban J connectivity index is 2.15. The Morgan fingerprint density at radius 1 is 1.40 bits per heavy atom. The van der Waals surface area contributed by atoms with Crippen molar-refractivity contribution in [3.8, 4) is 5.75 Å². The maximum atomic E-state index is 6.04. The highest BCUT2D eigenvalue weighted by Gasteiger charge is 2.24. The summed E-state index contributed by atoms with van der Waals surface area (Å²) in [7, 11) is 3.90. The van der Waals surface area contributed by atoms with E-state index >= 15 is 0 Å². The fourth-order valence-electron chi connectivity index (χ4n) is 3.24. The van der Waals surface area contributed by atoms with Gasteiger partial charge in [0.25, 0.3) is 0 Å². The molecule has 0 amide bonds. The van der Waals surface area contributed by atoms with E-state index in [1.165, 1.54) is 31.2 Å². The molecule has 1 atom stereocenters. The van der Waals surface area contributed by atoms with Crippen LogP contribution in [0, 0.1) is 5.92 Å². The van der Waals surface area contributed by atoms with Gasteiger partial charge in [0.1, 0.15) is 5.75 Å². The summed E-state index contributed by atoms with van der Waals surface area (Å²) in [6.07, 6.45) is 5.48. The zero-order chi connectivity index (χ0) is 14.5. The summed E-state index contributed by atoms with van der Waals surface area (Å²) in [6.45, 7) is 1.73. The zero-order valence-electron chi connectivity index (χ0n) is 12.4. The molecule has 20 heavy (non-hydrogen) atoms. The maximum absolute atomic E-state index is 6.04. The fraction of sp³-hybridized carbons (Fsp3) is 0.625. The lowest BCUT2D eigenvalue weighted by Gasteiger charge is -2.30. The summed E-state index contributed by atoms with van der Waals surface area (Å²) in [4.78, 5) is 2.39. The first-order valence-electron chi connectivity index (χ1n) is 7.39. The highest BCUT2D eigenvalue weighted by Crippen LogP contribution is 2.33. The number of hydrogen-bond donors (Lipinski definition) is 1. The lowest BCUT2D eigenvalue weighted by atomic mass is 10.0. The summed E-state index contributed by atoms with van der Waals surface area (Å²) in [5.74, 6) is 1.74. The molecule has 1 fully saturated rings. The molecule has 0 spiro atoms. The average Bonchev–Trinajstić information content (AvgIpc) is 2.93. The van der Waals surface area contributed by atoms with Crippen molar-refractivity contribution in [1.29, 1.82) is 0 Å². The van der Waals surface area contributed by atoms with Crippen molar-refractivity contribution in [2.75, 3.05) is 27.2 Å². The fourth-order valence-corrected chi connectivity index (χ4v) is 3.62. The Hall–Kier alpha value is -0.580. The van der Waals surface area contributed by atoms with Gasteiger partial charge in [-0.2, -0.15) is 0 Å². The van der Waals surface area contributed by atoms with Crippen molar-refractivity contribution in [3.05, 3.63) is 28.2 Å². The standard InChI is InChI=1S/C16H25BrN2O/c1-19(11-12-5-3-4-6-12)15(10-18)14-9-13(17)7-8-16(14)20-2/h7-9,12,15H,3-6,10-11,18H2,1-2H3. The minimum atomic E-state index is 0.211. The van der Waals surface area contributed by atoms with E-state index in [9.17, 15) is 0 Å². The van der Waals surface area contributed by atoms with E-state index in [-0.39, 0.29) is 6.04 Å². The van der Waals surface area contributed by atoms with Gasteiger partial charge in [0, 0.05) is 23.1 Å². The first-order valence-corrected chi connectivity index (χ1v) is 8.18. The van der Waals surface area contributed by atoms with Crippen molar-refractivity contribution in [1.82, 2.24) is 4.90 Å². The van der Waals surface area contributed by atoms with E-state index < -0.39 is 0 Å². The van der Waals surface area contributed by atoms with Crippen LogP contribution < -0.4 is 10.5 Å². The number of nitrogens with zero attached hydrogens (tertiary/aromatic N) is 1. The van der Waals surface area contributed by atoms with Gasteiger partial charge in [0.2, 0.25) is 0 Å². The van der Waals surface area contributed by atoms with Crippen LogP contribution in [0.3, 0.4) is 0 Å². The van der Waals surface area contributed by atoms with Crippen LogP contribution in [0.4, 0.5) is 0 Å². The number of likely N-dealkylation sites (N-methyl/N-ethyl adjacent to an activating group) is 1. The Morgan fingerprint density at radius 3 is 2.70 bits per heavy atom. The van der Waals surface area contributed by atoms with Gasteiger partial charge in [0.15, 0.2) is 0 Å². The van der Waals surface area contributed by atoms with E-state index in [1.54, 1.807) is 7.11 Å². The van der Waals surface area contributed by atoms with Crippen LogP contribution in [0.15, 0.2) is 22.7 Å². The van der Waals surface area contributed by atoms with Crippen molar-refractivity contribution in [2.45, 2.75) is 31.7 Å². The topological polar surface area (TPSA) is 38.5 Å². The number of halogens is 1. The lowest BCUT2D eigenvalue weighted by molar-refractivity contribution is 0.208. The van der Waals surface area contributed by atoms with Crippen LogP contribution in [-0.2, 0) is 0 Å². The number of ether oxygens (including phenoxy) is 1. The first kappa shape index (κ1) is 15.8. The molecule has 1 aromatic rings. The van der Waals surface area contributed by atoms with E-state index in [0.29, 0.717) is 6.54 Å². The minimum absolute atomic E-state index is 0.211. The quantitative estimate of drug-likeness (QED) is 0.860. The molecule has 1 saturated carbocycles. The monoisotopic (exact) mass is 340 g/mol. The number of hydrogen-bond acceptors (Lipinski definition) is 3. The molecule has 0 aromatic heterocycles. The summed E-state index contributed by atoms with van der Waals surface area (Å²) in [5, 5.41) is 0. The van der Waals surface area contributed by atoms with Crippen LogP contribution >= 0.6 is 15.9 Å². The van der Waals surface area contributed by atoms with Crippen LogP contribution in [0.25, 0.3) is 0 Å². The van der Waals surface area contributed by atoms with Gasteiger partial charge in [-0.25, -0.2) is 0 Å². The molecule has 1 aromatic carbocycles. The molecule has 0 saturated heterocycles. The van der Waals surface area contributed by atoms with Crippen molar-refractivity contribution in [2.24, 2.45) is 11.7 Å². The van der Waals surface area contributed by atoms with Crippen LogP contribution in [0.1, 0.15) is 37.3 Å². The minimum Gasteiger partial charge on any atom is -0.496 e. The second-order valence-electron chi connectivity index (χ2n) is 5.73. The van der Waals surface area contributed by atoms with Gasteiger partial charge in [-0.3, -0.25) is 4.90 Å². The second-order valence-corrected chi connectivity index (χ2v) is 6.64. The summed E-state index contributed by atoms with van der Waals surface area (Å²) in [5.41, 5.74) is 7.21. The third kappa shape index (κ3) is 3.74. The number of rotatable bonds is 6.